The number of para-hydroxylation sites is 1. The van der Waals surface area contributed by atoms with Gasteiger partial charge in [-0.1, -0.05) is 66.7 Å². The first kappa shape index (κ1) is 33.5. The van der Waals surface area contributed by atoms with Gasteiger partial charge < -0.3 is 26.0 Å². The number of methoxy groups -OCH3 is 1. The molecule has 1 heterocycles. The predicted octanol–water partition coefficient (Wildman–Crippen LogP) is 4.30. The summed E-state index contributed by atoms with van der Waals surface area (Å²) >= 11 is 12.5. The van der Waals surface area contributed by atoms with Crippen molar-refractivity contribution in [3.63, 3.8) is 0 Å². The van der Waals surface area contributed by atoms with Crippen LogP contribution in [0.15, 0.2) is 42.5 Å². The third kappa shape index (κ3) is 9.82. The van der Waals surface area contributed by atoms with Crippen LogP contribution in [0.5, 0.6) is 5.75 Å². The monoisotopic (exact) mass is 631 g/mol. The molecule has 2 aromatic rings. The third-order valence-electron chi connectivity index (χ3n) is 8.83. The lowest BCUT2D eigenvalue weighted by Gasteiger charge is -2.43. The Labute approximate surface area is 266 Å². The van der Waals surface area contributed by atoms with Gasteiger partial charge in [0.2, 0.25) is 11.8 Å². The smallest absolute Gasteiger partial charge is 0.245 e. The summed E-state index contributed by atoms with van der Waals surface area (Å²) in [6.07, 6.45) is 7.63. The lowest BCUT2D eigenvalue weighted by Crippen LogP contribution is -2.58. The van der Waals surface area contributed by atoms with Crippen molar-refractivity contribution in [3.8, 4) is 5.75 Å². The van der Waals surface area contributed by atoms with Crippen LogP contribution >= 0.6 is 23.2 Å². The molecule has 2 aromatic carbocycles. The van der Waals surface area contributed by atoms with Crippen LogP contribution in [-0.4, -0.2) is 86.6 Å². The van der Waals surface area contributed by atoms with E-state index in [-0.39, 0.29) is 24.8 Å². The Morgan fingerprint density at radius 3 is 2.53 bits per heavy atom. The van der Waals surface area contributed by atoms with Crippen LogP contribution < -0.4 is 21.1 Å². The molecule has 1 saturated carbocycles. The van der Waals surface area contributed by atoms with Gasteiger partial charge in [0.25, 0.3) is 0 Å². The number of hydrogen-bond donors (Lipinski definition) is 3. The Morgan fingerprint density at radius 1 is 1.02 bits per heavy atom. The highest BCUT2D eigenvalue weighted by atomic mass is 35.5. The normalized spacial score (nSPS) is 20.3. The molecule has 236 valence electrons. The molecule has 1 aliphatic carbocycles. The van der Waals surface area contributed by atoms with Crippen LogP contribution in [0.1, 0.15) is 49.7 Å². The molecule has 0 radical (unpaired) electrons. The molecular weight excluding hydrogens is 585 g/mol. The number of rotatable bonds is 13. The second-order valence-electron chi connectivity index (χ2n) is 11.7. The van der Waals surface area contributed by atoms with Crippen LogP contribution in [0, 0.1) is 5.92 Å². The minimum atomic E-state index is -0.706. The van der Waals surface area contributed by atoms with E-state index in [4.69, 9.17) is 33.7 Å². The number of carbonyl (C=O) groups excluding carboxylic acids is 2. The summed E-state index contributed by atoms with van der Waals surface area (Å²) in [7, 11) is 1.73. The fourth-order valence-electron chi connectivity index (χ4n) is 6.50. The molecule has 4 rings (SSSR count). The third-order valence-corrected chi connectivity index (χ3v) is 9.41. The highest BCUT2D eigenvalue weighted by Gasteiger charge is 2.34. The maximum absolute atomic E-state index is 13.7. The molecule has 0 spiro atoms. The van der Waals surface area contributed by atoms with Gasteiger partial charge in [0.1, 0.15) is 11.8 Å². The van der Waals surface area contributed by atoms with E-state index in [1.165, 1.54) is 37.7 Å². The highest BCUT2D eigenvalue weighted by molar-refractivity contribution is 6.35. The lowest BCUT2D eigenvalue weighted by atomic mass is 9.92. The Bertz CT molecular complexity index is 1190. The van der Waals surface area contributed by atoms with E-state index in [1.54, 1.807) is 19.2 Å². The van der Waals surface area contributed by atoms with E-state index < -0.39 is 6.04 Å². The maximum atomic E-state index is 13.7. The van der Waals surface area contributed by atoms with Crippen molar-refractivity contribution in [1.82, 2.24) is 20.4 Å². The molecular formula is C33H47Cl2N5O3. The Kier molecular flexibility index (Phi) is 13.4. The molecule has 3 atom stereocenters. The molecule has 1 saturated heterocycles. The van der Waals surface area contributed by atoms with Crippen LogP contribution in [0.25, 0.3) is 0 Å². The van der Waals surface area contributed by atoms with Crippen molar-refractivity contribution in [2.24, 2.45) is 11.7 Å². The molecule has 10 heteroatoms. The van der Waals surface area contributed by atoms with E-state index in [1.807, 2.05) is 23.1 Å². The second-order valence-corrected chi connectivity index (χ2v) is 12.5. The van der Waals surface area contributed by atoms with Gasteiger partial charge in [-0.3, -0.25) is 14.5 Å². The number of benzene rings is 2. The van der Waals surface area contributed by atoms with Gasteiger partial charge in [0.15, 0.2) is 0 Å². The first-order valence-electron chi connectivity index (χ1n) is 15.7. The summed E-state index contributed by atoms with van der Waals surface area (Å²) in [5, 5.41) is 7.67. The fourth-order valence-corrected chi connectivity index (χ4v) is 6.99. The van der Waals surface area contributed by atoms with Gasteiger partial charge in [-0.15, -0.1) is 0 Å². The molecule has 2 amide bonds. The fraction of sp³-hybridized carbons (Fsp3) is 0.576. The number of piperazine rings is 1. The van der Waals surface area contributed by atoms with Crippen LogP contribution in [0.2, 0.25) is 10.0 Å². The molecule has 43 heavy (non-hydrogen) atoms. The van der Waals surface area contributed by atoms with Crippen LogP contribution in [0.3, 0.4) is 0 Å². The van der Waals surface area contributed by atoms with Crippen molar-refractivity contribution >= 4 is 35.0 Å². The van der Waals surface area contributed by atoms with E-state index in [9.17, 15) is 9.59 Å². The summed E-state index contributed by atoms with van der Waals surface area (Å²) in [5.74, 6) is 1.22. The zero-order valence-corrected chi connectivity index (χ0v) is 26.8. The summed E-state index contributed by atoms with van der Waals surface area (Å²) in [4.78, 5) is 30.7. The van der Waals surface area contributed by atoms with E-state index in [0.717, 1.165) is 43.9 Å². The standard InChI is InChI=1S/C33H47Cl2N5O3/c1-43-31-10-6-5-7-24(31)14-16-37-23-26-8-3-2-4-9-30(26)39-17-19-40(20-18-39)33(42)29(38-32(41)13-15-36)21-25-11-12-27(34)22-28(25)35/h5-7,10-12,22,26,29-30,37H,2-4,8-9,13-21,23,36H2,1H3,(H,38,41)/t26?,29-,30?/m1/s1. The average Bonchev–Trinajstić information content (AvgIpc) is 3.26. The molecule has 0 aromatic heterocycles. The van der Waals surface area contributed by atoms with Gasteiger partial charge in [0.05, 0.1) is 7.11 Å². The first-order chi connectivity index (χ1) is 20.9. The van der Waals surface area contributed by atoms with Gasteiger partial charge in [-0.05, 0) is 67.6 Å². The number of halogens is 2. The molecule has 2 fully saturated rings. The summed E-state index contributed by atoms with van der Waals surface area (Å²) in [6, 6.07) is 13.2. The van der Waals surface area contributed by atoms with Crippen molar-refractivity contribution in [1.29, 1.82) is 0 Å². The van der Waals surface area contributed by atoms with Crippen molar-refractivity contribution in [2.45, 2.75) is 63.5 Å². The number of hydrogen-bond acceptors (Lipinski definition) is 6. The van der Waals surface area contributed by atoms with E-state index >= 15 is 0 Å². The Balaban J connectivity index is 1.33. The number of nitrogens with two attached hydrogens (primary N) is 1. The van der Waals surface area contributed by atoms with E-state index in [2.05, 4.69) is 27.7 Å². The molecule has 2 aliphatic rings. The van der Waals surface area contributed by atoms with Gasteiger partial charge in [-0.25, -0.2) is 0 Å². The number of amides is 2. The number of nitrogens with one attached hydrogen (secondary N) is 2. The van der Waals surface area contributed by atoms with Crippen molar-refractivity contribution < 1.29 is 14.3 Å². The first-order valence-corrected chi connectivity index (χ1v) is 16.4. The van der Waals surface area contributed by atoms with Crippen LogP contribution in [-0.2, 0) is 22.4 Å². The Hall–Kier alpha value is -2.36. The highest BCUT2D eigenvalue weighted by Crippen LogP contribution is 2.29. The zero-order valence-electron chi connectivity index (χ0n) is 25.3. The topological polar surface area (TPSA) is 99.9 Å². The minimum Gasteiger partial charge on any atom is -0.496 e. The van der Waals surface area contributed by atoms with Crippen molar-refractivity contribution in [2.75, 3.05) is 52.9 Å². The maximum Gasteiger partial charge on any atom is 0.245 e. The molecule has 0 bridgehead atoms. The summed E-state index contributed by atoms with van der Waals surface area (Å²) < 4.78 is 5.52. The summed E-state index contributed by atoms with van der Waals surface area (Å²) in [6.45, 7) is 5.09. The number of carbonyl (C=O) groups is 2. The SMILES string of the molecule is COc1ccccc1CCNCC1CCCCCC1N1CCN(C(=O)[C@@H](Cc2ccc(Cl)cc2Cl)NC(=O)CCN)CC1. The largest absolute Gasteiger partial charge is 0.496 e. The number of ether oxygens (including phenoxy) is 1. The van der Waals surface area contributed by atoms with Crippen LogP contribution in [0.4, 0.5) is 0 Å². The van der Waals surface area contributed by atoms with Gasteiger partial charge in [0, 0.05) is 61.7 Å². The molecule has 1 aliphatic heterocycles. The predicted molar refractivity (Wildman–Crippen MR) is 174 cm³/mol. The summed E-state index contributed by atoms with van der Waals surface area (Å²) in [5.41, 5.74) is 7.60. The van der Waals surface area contributed by atoms with Crippen molar-refractivity contribution in [3.05, 3.63) is 63.6 Å². The zero-order chi connectivity index (χ0) is 30.6. The second kappa shape index (κ2) is 17.2. The van der Waals surface area contributed by atoms with Gasteiger partial charge >= 0.3 is 0 Å². The molecule has 8 nitrogen and oxygen atoms in total. The van der Waals surface area contributed by atoms with E-state index in [0.29, 0.717) is 41.5 Å². The quantitative estimate of drug-likeness (QED) is 0.225. The molecule has 4 N–H and O–H groups in total. The lowest BCUT2D eigenvalue weighted by molar-refractivity contribution is -0.138. The minimum absolute atomic E-state index is 0.0774. The van der Waals surface area contributed by atoms with Gasteiger partial charge in [-0.2, -0.15) is 0 Å². The number of nitrogens with zero attached hydrogens (tertiary/aromatic N) is 2. The average molecular weight is 633 g/mol. The Morgan fingerprint density at radius 2 is 1.79 bits per heavy atom. The molecule has 2 unspecified atom stereocenters.